The number of hydrogen-bond donors (Lipinski definition) is 2. The number of thiazole rings is 1. The third-order valence-corrected chi connectivity index (χ3v) is 14.1. The van der Waals surface area contributed by atoms with Crippen molar-refractivity contribution in [1.29, 1.82) is 0 Å². The van der Waals surface area contributed by atoms with E-state index >= 15 is 0 Å². The lowest BCUT2D eigenvalue weighted by atomic mass is 9.77. The number of ketones is 1. The minimum Gasteiger partial charge on any atom is -0.507 e. The van der Waals surface area contributed by atoms with E-state index in [0.29, 0.717) is 45.3 Å². The summed E-state index contributed by atoms with van der Waals surface area (Å²) in [6.07, 6.45) is 3.81. The van der Waals surface area contributed by atoms with Gasteiger partial charge in [0.05, 0.1) is 47.3 Å². The molecule has 17 heteroatoms. The predicted molar refractivity (Wildman–Crippen MR) is 229 cm³/mol. The van der Waals surface area contributed by atoms with Crippen LogP contribution >= 0.6 is 47.8 Å². The van der Waals surface area contributed by atoms with Crippen LogP contribution < -0.4 is 14.2 Å². The number of phenols is 1. The number of aromatic nitrogens is 2. The molecule has 3 heterocycles. The lowest BCUT2D eigenvalue weighted by molar-refractivity contribution is -0.144. The van der Waals surface area contributed by atoms with E-state index in [-0.39, 0.29) is 80.4 Å². The highest BCUT2D eigenvalue weighted by Crippen LogP contribution is 2.57. The molecule has 2 aromatic heterocycles. The first-order valence-corrected chi connectivity index (χ1v) is 21.4. The normalized spacial score (nSPS) is 21.9. The molecule has 2 amide bonds. The molecule has 2 aromatic carbocycles. The minimum absolute atomic E-state index is 0. The molecule has 0 radical (unpaired) electrons. The number of halogens is 3. The number of amides is 2. The van der Waals surface area contributed by atoms with E-state index in [1.54, 1.807) is 53.6 Å². The summed E-state index contributed by atoms with van der Waals surface area (Å²) >= 11 is 7.77. The largest absolute Gasteiger partial charge is 0.507 e. The van der Waals surface area contributed by atoms with Crippen molar-refractivity contribution in [3.63, 3.8) is 0 Å². The number of nitrogens with one attached hydrogen (secondary N) is 1. The smallest absolute Gasteiger partial charge is 0.240 e. The van der Waals surface area contributed by atoms with Crippen LogP contribution in [0.1, 0.15) is 57.9 Å². The number of methoxy groups -OCH3 is 1. The molecule has 7 rings (SSSR count). The number of allylic oxidation sites excluding steroid dienone is 1. The van der Waals surface area contributed by atoms with Gasteiger partial charge in [-0.25, -0.2) is 18.4 Å². The first kappa shape index (κ1) is 45.1. The van der Waals surface area contributed by atoms with E-state index in [2.05, 4.69) is 16.3 Å². The van der Waals surface area contributed by atoms with Gasteiger partial charge in [-0.15, -0.1) is 42.7 Å². The van der Waals surface area contributed by atoms with Crippen molar-refractivity contribution < 1.29 is 37.4 Å². The highest BCUT2D eigenvalue weighted by molar-refractivity contribution is 7.90. The monoisotopic (exact) mass is 892 g/mol. The standard InChI is InChI=1S/C41H45ClN4O8S2.2ClH/c1-6-23-18-41(23,39(50)45-56(51,52)26-12-13-26)19-34(48)32-16-25(54-37-29-15-24(42)11-14-27(29)35(53-5)20-43-37)21-46(32)38(49)30(40(2,3)4)17-36-44-31(22-55-36)28-9-7-8-10-33(28)47;;/h6-11,14-15,20,22-23,25-26,30,32,47H,1,12-13,16-19,21H2,2-5H3,(H,45,50);2*1H/t23-,25-,30-,32+,41-;;/m1../s1. The van der Waals surface area contributed by atoms with Crippen LogP contribution in [0, 0.1) is 22.7 Å². The van der Waals surface area contributed by atoms with Gasteiger partial charge >= 0.3 is 0 Å². The van der Waals surface area contributed by atoms with Crippen LogP contribution in [0.15, 0.2) is 66.7 Å². The lowest BCUT2D eigenvalue weighted by Gasteiger charge is -2.35. The maximum Gasteiger partial charge on any atom is 0.240 e. The van der Waals surface area contributed by atoms with Crippen LogP contribution in [0.25, 0.3) is 22.0 Å². The first-order chi connectivity index (χ1) is 26.5. The summed E-state index contributed by atoms with van der Waals surface area (Å²) in [4.78, 5) is 54.0. The van der Waals surface area contributed by atoms with E-state index in [1.807, 2.05) is 32.2 Å². The number of Topliss-reactive ketones (excluding diaryl/α,β-unsaturated/α-hetero) is 1. The Labute approximate surface area is 359 Å². The zero-order valence-electron chi connectivity index (χ0n) is 32.5. The average Bonchev–Trinajstić information content (AvgIpc) is 4.04. The number of ether oxygens (including phenoxy) is 2. The quantitative estimate of drug-likeness (QED) is 0.121. The maximum atomic E-state index is 14.9. The van der Waals surface area contributed by atoms with Crippen LogP contribution in [-0.2, 0) is 30.8 Å². The molecule has 2 N–H and O–H groups in total. The summed E-state index contributed by atoms with van der Waals surface area (Å²) in [5.74, 6) is -1.50. The van der Waals surface area contributed by atoms with Gasteiger partial charge < -0.3 is 19.5 Å². The van der Waals surface area contributed by atoms with Gasteiger partial charge in [0.15, 0.2) is 5.78 Å². The molecule has 2 aliphatic carbocycles. The molecule has 12 nitrogen and oxygen atoms in total. The SMILES string of the molecule is C=C[C@@H]1C[C@]1(CC(=O)[C@@H]1C[C@@H](Oc2ncc(OC)c3ccc(Cl)cc23)CN1C(=O)[C@@H](Cc1nc(-c2ccccc2O)cs1)C(C)(C)C)C(=O)NS(=O)(=O)C1CC1.Cl.Cl. The molecule has 1 aliphatic heterocycles. The highest BCUT2D eigenvalue weighted by Gasteiger charge is 2.61. The lowest BCUT2D eigenvalue weighted by Crippen LogP contribution is -2.48. The van der Waals surface area contributed by atoms with Crippen molar-refractivity contribution in [3.8, 4) is 28.6 Å². The molecule has 0 bridgehead atoms. The molecule has 1 saturated heterocycles. The summed E-state index contributed by atoms with van der Waals surface area (Å²) in [5, 5.41) is 14.1. The van der Waals surface area contributed by atoms with Gasteiger partial charge in [-0.2, -0.15) is 0 Å². The molecule has 0 spiro atoms. The Balaban J connectivity index is 0.00000320. The number of para-hydroxylation sites is 1. The van der Waals surface area contributed by atoms with Crippen molar-refractivity contribution >= 4 is 86.1 Å². The van der Waals surface area contributed by atoms with Gasteiger partial charge in [0, 0.05) is 51.9 Å². The van der Waals surface area contributed by atoms with E-state index in [0.717, 1.165) is 5.39 Å². The van der Waals surface area contributed by atoms with Gasteiger partial charge in [0.2, 0.25) is 27.7 Å². The summed E-state index contributed by atoms with van der Waals surface area (Å²) in [6, 6.07) is 11.2. The second-order valence-electron chi connectivity index (χ2n) is 16.1. The molecule has 2 saturated carbocycles. The van der Waals surface area contributed by atoms with Gasteiger partial charge in [0.25, 0.3) is 0 Å². The molecule has 3 fully saturated rings. The Morgan fingerprint density at radius 1 is 1.16 bits per heavy atom. The van der Waals surface area contributed by atoms with Gasteiger partial charge in [-0.1, -0.05) is 50.6 Å². The van der Waals surface area contributed by atoms with E-state index in [1.165, 1.54) is 18.4 Å². The van der Waals surface area contributed by atoms with Gasteiger partial charge in [-0.05, 0) is 60.9 Å². The number of rotatable bonds is 14. The fourth-order valence-corrected chi connectivity index (χ4v) is 10.1. The number of fused-ring (bicyclic) bond motifs is 1. The summed E-state index contributed by atoms with van der Waals surface area (Å²) in [5.41, 5.74) is -0.681. The number of pyridine rings is 1. The van der Waals surface area contributed by atoms with Gasteiger partial charge in [-0.3, -0.25) is 19.1 Å². The zero-order valence-corrected chi connectivity index (χ0v) is 36.5. The van der Waals surface area contributed by atoms with Crippen LogP contribution in [0.2, 0.25) is 5.02 Å². The number of carbonyl (C=O) groups is 3. The molecule has 312 valence electrons. The first-order valence-electron chi connectivity index (χ1n) is 18.6. The van der Waals surface area contributed by atoms with Crippen LogP contribution in [0.3, 0.4) is 0 Å². The molecule has 4 aromatic rings. The third-order valence-electron chi connectivity index (χ3n) is 11.2. The zero-order chi connectivity index (χ0) is 40.2. The van der Waals surface area contributed by atoms with Crippen LogP contribution in [-0.4, -0.2) is 77.0 Å². The fraction of sp³-hybridized carbons (Fsp3) is 0.439. The second-order valence-corrected chi connectivity index (χ2v) is 19.4. The summed E-state index contributed by atoms with van der Waals surface area (Å²) < 4.78 is 39.9. The Bertz CT molecular complexity index is 2330. The second kappa shape index (κ2) is 17.3. The third kappa shape index (κ3) is 9.11. The topological polar surface area (TPSA) is 165 Å². The molecule has 0 unspecified atom stereocenters. The fourth-order valence-electron chi connectivity index (χ4n) is 7.68. The number of aromatic hydroxyl groups is 1. The Morgan fingerprint density at radius 3 is 2.52 bits per heavy atom. The predicted octanol–water partition coefficient (Wildman–Crippen LogP) is 7.58. The molecule has 58 heavy (non-hydrogen) atoms. The average molecular weight is 894 g/mol. The number of phenolic OH excluding ortho intramolecular Hbond substituents is 1. The Kier molecular flexibility index (Phi) is 13.5. The van der Waals surface area contributed by atoms with E-state index in [4.69, 9.17) is 26.1 Å². The Hall–Kier alpha value is -3.95. The van der Waals surface area contributed by atoms with Crippen molar-refractivity contribution in [2.45, 2.75) is 76.7 Å². The highest BCUT2D eigenvalue weighted by atomic mass is 35.5. The molecule has 5 atom stereocenters. The number of nitrogens with zero attached hydrogens (tertiary/aromatic N) is 3. The molecular weight excluding hydrogens is 847 g/mol. The van der Waals surface area contributed by atoms with E-state index in [9.17, 15) is 27.9 Å². The summed E-state index contributed by atoms with van der Waals surface area (Å²) in [6.45, 7) is 9.78. The summed E-state index contributed by atoms with van der Waals surface area (Å²) in [7, 11) is -2.32. The number of hydrogen-bond acceptors (Lipinski definition) is 11. The van der Waals surface area contributed by atoms with Gasteiger partial charge in [0.1, 0.15) is 17.6 Å². The number of likely N-dealkylation sites (tertiary alicyclic amines) is 1. The Morgan fingerprint density at radius 2 is 1.88 bits per heavy atom. The van der Waals surface area contributed by atoms with Crippen molar-refractivity contribution in [2.24, 2.45) is 22.7 Å². The van der Waals surface area contributed by atoms with Crippen molar-refractivity contribution in [2.75, 3.05) is 13.7 Å². The number of sulfonamides is 1. The van der Waals surface area contributed by atoms with Crippen LogP contribution in [0.5, 0.6) is 17.4 Å². The molecular formula is C41H47Cl3N4O8S2. The maximum absolute atomic E-state index is 14.9. The molecule has 3 aliphatic rings. The van der Waals surface area contributed by atoms with Crippen molar-refractivity contribution in [3.05, 3.63) is 76.7 Å². The number of carbonyl (C=O) groups excluding carboxylic acids is 3. The minimum atomic E-state index is -3.86. The number of benzene rings is 2. The van der Waals surface area contributed by atoms with E-state index < -0.39 is 56.0 Å². The van der Waals surface area contributed by atoms with Crippen molar-refractivity contribution in [1.82, 2.24) is 19.6 Å². The van der Waals surface area contributed by atoms with Crippen LogP contribution in [0.4, 0.5) is 0 Å².